The Morgan fingerprint density at radius 3 is 2.96 bits per heavy atom. The van der Waals surface area contributed by atoms with Crippen molar-refractivity contribution in [3.05, 3.63) is 35.9 Å². The largest absolute Gasteiger partial charge is 0.461 e. The number of aryl methyl sites for hydroxylation is 1. The molecule has 132 valence electrons. The first-order valence-corrected chi connectivity index (χ1v) is 9.32. The monoisotopic (exact) mass is 339 g/mol. The van der Waals surface area contributed by atoms with Gasteiger partial charge in [0.15, 0.2) is 0 Å². The first-order valence-electron chi connectivity index (χ1n) is 9.32. The maximum atomic E-state index is 6.01. The number of nitrogens with zero attached hydrogens (tertiary/aromatic N) is 3. The Bertz CT molecular complexity index is 852. The molecule has 1 saturated heterocycles. The predicted molar refractivity (Wildman–Crippen MR) is 97.5 cm³/mol. The number of benzene rings is 1. The van der Waals surface area contributed by atoms with Gasteiger partial charge < -0.3 is 13.8 Å². The molecule has 0 radical (unpaired) electrons. The minimum Gasteiger partial charge on any atom is -0.461 e. The summed E-state index contributed by atoms with van der Waals surface area (Å²) < 4.78 is 11.3. The second-order valence-electron chi connectivity index (χ2n) is 7.00. The zero-order chi connectivity index (χ0) is 17.2. The highest BCUT2D eigenvalue weighted by Gasteiger charge is 2.20. The maximum absolute atomic E-state index is 6.01. The number of aromatic nitrogens is 2. The zero-order valence-corrected chi connectivity index (χ0v) is 15.0. The van der Waals surface area contributed by atoms with Crippen LogP contribution in [0, 0.1) is 0 Å². The Labute approximate surface area is 148 Å². The van der Waals surface area contributed by atoms with Crippen LogP contribution >= 0.6 is 0 Å². The molecule has 0 amide bonds. The fourth-order valence-corrected chi connectivity index (χ4v) is 3.63. The van der Waals surface area contributed by atoms with Crippen molar-refractivity contribution in [2.75, 3.05) is 13.1 Å². The van der Waals surface area contributed by atoms with Crippen LogP contribution in [0.5, 0.6) is 0 Å². The van der Waals surface area contributed by atoms with Crippen molar-refractivity contribution in [3.8, 4) is 11.4 Å². The molecule has 1 fully saturated rings. The Morgan fingerprint density at radius 2 is 2.16 bits per heavy atom. The van der Waals surface area contributed by atoms with Crippen LogP contribution in [-0.2, 0) is 12.8 Å². The van der Waals surface area contributed by atoms with Gasteiger partial charge >= 0.3 is 0 Å². The van der Waals surface area contributed by atoms with E-state index >= 15 is 0 Å². The quantitative estimate of drug-likeness (QED) is 0.663. The molecule has 5 heteroatoms. The van der Waals surface area contributed by atoms with Gasteiger partial charge in [-0.15, -0.1) is 0 Å². The second kappa shape index (κ2) is 7.00. The molecule has 25 heavy (non-hydrogen) atoms. The van der Waals surface area contributed by atoms with Gasteiger partial charge in [0, 0.05) is 36.4 Å². The molecule has 5 nitrogen and oxygen atoms in total. The van der Waals surface area contributed by atoms with Crippen LogP contribution in [0.1, 0.15) is 44.8 Å². The van der Waals surface area contributed by atoms with Crippen LogP contribution in [0.3, 0.4) is 0 Å². The molecular formula is C20H25N3O2. The van der Waals surface area contributed by atoms with Crippen molar-refractivity contribution in [3.63, 3.8) is 0 Å². The van der Waals surface area contributed by atoms with E-state index in [4.69, 9.17) is 8.94 Å². The predicted octanol–water partition coefficient (Wildman–Crippen LogP) is 4.46. The van der Waals surface area contributed by atoms with Gasteiger partial charge in [0.2, 0.25) is 11.7 Å². The van der Waals surface area contributed by atoms with E-state index in [-0.39, 0.29) is 0 Å². The molecule has 1 atom stereocenters. The summed E-state index contributed by atoms with van der Waals surface area (Å²) in [4.78, 5) is 7.01. The molecule has 0 saturated carbocycles. The molecule has 0 aliphatic carbocycles. The van der Waals surface area contributed by atoms with Crippen LogP contribution < -0.4 is 0 Å². The zero-order valence-electron chi connectivity index (χ0n) is 15.0. The summed E-state index contributed by atoms with van der Waals surface area (Å²) in [6.07, 6.45) is 5.40. The molecule has 0 bridgehead atoms. The smallest absolute Gasteiger partial charge is 0.226 e. The summed E-state index contributed by atoms with van der Waals surface area (Å²) in [6.45, 7) is 6.70. The van der Waals surface area contributed by atoms with Crippen molar-refractivity contribution in [2.24, 2.45) is 0 Å². The molecule has 1 aliphatic heterocycles. The van der Waals surface area contributed by atoms with Crippen LogP contribution in [-0.4, -0.2) is 34.2 Å². The van der Waals surface area contributed by atoms with E-state index in [1.165, 1.54) is 19.4 Å². The van der Waals surface area contributed by atoms with Crippen molar-refractivity contribution in [2.45, 2.75) is 52.0 Å². The van der Waals surface area contributed by atoms with Crippen LogP contribution in [0.25, 0.3) is 22.4 Å². The highest BCUT2D eigenvalue weighted by atomic mass is 16.5. The number of likely N-dealkylation sites (tertiary alicyclic amines) is 1. The number of hydrogen-bond acceptors (Lipinski definition) is 5. The van der Waals surface area contributed by atoms with E-state index in [0.717, 1.165) is 48.1 Å². The summed E-state index contributed by atoms with van der Waals surface area (Å²) in [5.41, 5.74) is 1.89. The van der Waals surface area contributed by atoms with Crippen LogP contribution in [0.15, 0.2) is 33.2 Å². The van der Waals surface area contributed by atoms with Gasteiger partial charge in [-0.2, -0.15) is 4.98 Å². The molecule has 3 aromatic rings. The number of furan rings is 1. The highest BCUT2D eigenvalue weighted by molar-refractivity contribution is 5.82. The summed E-state index contributed by atoms with van der Waals surface area (Å²) in [7, 11) is 0. The molecule has 2 aromatic heterocycles. The minimum atomic E-state index is 0.652. The summed E-state index contributed by atoms with van der Waals surface area (Å²) >= 11 is 0. The van der Waals surface area contributed by atoms with E-state index in [0.29, 0.717) is 17.8 Å². The van der Waals surface area contributed by atoms with E-state index in [9.17, 15) is 0 Å². The van der Waals surface area contributed by atoms with Gasteiger partial charge in [0.1, 0.15) is 11.3 Å². The van der Waals surface area contributed by atoms with E-state index in [1.54, 1.807) is 0 Å². The van der Waals surface area contributed by atoms with E-state index < -0.39 is 0 Å². The number of hydrogen-bond donors (Lipinski definition) is 0. The van der Waals surface area contributed by atoms with Crippen LogP contribution in [0.2, 0.25) is 0 Å². The van der Waals surface area contributed by atoms with Crippen molar-refractivity contribution < 1.29 is 8.94 Å². The molecule has 0 spiro atoms. The molecule has 3 heterocycles. The van der Waals surface area contributed by atoms with Gasteiger partial charge in [-0.05, 0) is 57.0 Å². The molecular weight excluding hydrogens is 314 g/mol. The lowest BCUT2D eigenvalue weighted by Crippen LogP contribution is -2.28. The van der Waals surface area contributed by atoms with Gasteiger partial charge in [0.25, 0.3) is 0 Å². The Kier molecular flexibility index (Phi) is 4.57. The third-order valence-electron chi connectivity index (χ3n) is 5.09. The summed E-state index contributed by atoms with van der Waals surface area (Å²) in [5, 5.41) is 5.19. The lowest BCUT2D eigenvalue weighted by Gasteiger charge is -2.19. The fraction of sp³-hybridized carbons (Fsp3) is 0.500. The Hall–Kier alpha value is -2.14. The summed E-state index contributed by atoms with van der Waals surface area (Å²) in [6, 6.07) is 8.93. The lowest BCUT2D eigenvalue weighted by atomic mass is 10.1. The first-order chi connectivity index (χ1) is 12.2. The van der Waals surface area contributed by atoms with E-state index in [1.807, 2.05) is 12.1 Å². The van der Waals surface area contributed by atoms with Gasteiger partial charge in [-0.1, -0.05) is 12.1 Å². The van der Waals surface area contributed by atoms with E-state index in [2.05, 4.69) is 41.0 Å². The third-order valence-corrected chi connectivity index (χ3v) is 5.09. The number of rotatable bonds is 6. The maximum Gasteiger partial charge on any atom is 0.226 e. The molecule has 1 aromatic carbocycles. The van der Waals surface area contributed by atoms with Crippen molar-refractivity contribution >= 4 is 11.0 Å². The fourth-order valence-electron chi connectivity index (χ4n) is 3.63. The average molecular weight is 339 g/mol. The SMILES string of the molecule is CCCc1nc(-c2ccc3oc(CCN4CCC[C@H]4C)cc3c2)no1. The minimum absolute atomic E-state index is 0.652. The average Bonchev–Trinajstić information content (AvgIpc) is 3.32. The normalized spacial score (nSPS) is 18.4. The standard InChI is InChI=1S/C20H25N3O2/c1-3-5-19-21-20(22-25-19)15-7-8-18-16(12-15)13-17(24-18)9-11-23-10-4-6-14(23)2/h7-8,12-14H,3-6,9-11H2,1-2H3/t14-/m1/s1. The topological polar surface area (TPSA) is 55.3 Å². The highest BCUT2D eigenvalue weighted by Crippen LogP contribution is 2.26. The van der Waals surface area contributed by atoms with Crippen molar-refractivity contribution in [1.29, 1.82) is 0 Å². The molecule has 0 N–H and O–H groups in total. The van der Waals surface area contributed by atoms with Gasteiger partial charge in [0.05, 0.1) is 0 Å². The summed E-state index contributed by atoms with van der Waals surface area (Å²) in [5.74, 6) is 2.40. The first kappa shape index (κ1) is 16.3. The lowest BCUT2D eigenvalue weighted by molar-refractivity contribution is 0.266. The van der Waals surface area contributed by atoms with Gasteiger partial charge in [-0.3, -0.25) is 0 Å². The Balaban J connectivity index is 1.50. The third kappa shape index (κ3) is 3.47. The molecule has 1 aliphatic rings. The van der Waals surface area contributed by atoms with Crippen molar-refractivity contribution in [1.82, 2.24) is 15.0 Å². The molecule has 4 rings (SSSR count). The van der Waals surface area contributed by atoms with Crippen LogP contribution in [0.4, 0.5) is 0 Å². The number of fused-ring (bicyclic) bond motifs is 1. The second-order valence-corrected chi connectivity index (χ2v) is 7.00. The molecule has 0 unspecified atom stereocenters. The Morgan fingerprint density at radius 1 is 1.24 bits per heavy atom. The van der Waals surface area contributed by atoms with Gasteiger partial charge in [-0.25, -0.2) is 0 Å².